The number of aromatic amines is 1. The van der Waals surface area contributed by atoms with Crippen LogP contribution in [0, 0.1) is 11.8 Å². The van der Waals surface area contributed by atoms with Crippen molar-refractivity contribution < 1.29 is 34.2 Å². The molecule has 1 aromatic heterocycles. The fraction of sp³-hybridized carbons (Fsp3) is 0.536. The smallest absolute Gasteiger partial charge is 0.326 e. The van der Waals surface area contributed by atoms with E-state index in [1.165, 1.54) is 0 Å². The first-order valence-electron chi connectivity index (χ1n) is 13.5. The van der Waals surface area contributed by atoms with Crippen LogP contribution in [0.2, 0.25) is 0 Å². The molecule has 8 N–H and O–H groups in total. The molecule has 0 fully saturated rings. The molecule has 5 atom stereocenters. The van der Waals surface area contributed by atoms with Gasteiger partial charge in [-0.2, -0.15) is 0 Å². The van der Waals surface area contributed by atoms with Gasteiger partial charge in [0.1, 0.15) is 18.1 Å². The van der Waals surface area contributed by atoms with Crippen LogP contribution >= 0.6 is 0 Å². The van der Waals surface area contributed by atoms with E-state index in [4.69, 9.17) is 10.8 Å². The van der Waals surface area contributed by atoms with Crippen LogP contribution in [0.5, 0.6) is 0 Å². The monoisotopic (exact) mass is 559 g/mol. The fourth-order valence-corrected chi connectivity index (χ4v) is 4.36. The van der Waals surface area contributed by atoms with Gasteiger partial charge in [-0.1, -0.05) is 52.3 Å². The predicted molar refractivity (Wildman–Crippen MR) is 149 cm³/mol. The molecule has 220 valence electrons. The number of fused-ring (bicyclic) bond motifs is 1. The van der Waals surface area contributed by atoms with Crippen LogP contribution in [0.1, 0.15) is 58.9 Å². The van der Waals surface area contributed by atoms with Crippen molar-refractivity contribution in [3.63, 3.8) is 0 Å². The molecular formula is C28H41N5O7. The number of para-hydroxylation sites is 1. The Morgan fingerprint density at radius 2 is 1.57 bits per heavy atom. The standard InChI is InChI=1S/C28H41N5O7/c1-5-16(4)24(33-25(36)19(29)13-17-14-30-20-9-7-6-8-18(17)20)27(38)31-21(10-11-23(34)35)26(37)32-22(28(39)40)12-15(2)3/h6-9,14-16,19,21-22,24,30H,5,10-13,29H2,1-4H3,(H,31,38)(H,32,37)(H,33,36)(H,34,35)(H,39,40)/t16-,19-,21-,22-,24-/m0/s1. The molecule has 12 nitrogen and oxygen atoms in total. The molecule has 1 aromatic carbocycles. The van der Waals surface area contributed by atoms with E-state index in [1.54, 1.807) is 27.0 Å². The molecule has 0 radical (unpaired) electrons. The summed E-state index contributed by atoms with van der Waals surface area (Å²) in [6.07, 6.45) is 1.98. The second-order valence-corrected chi connectivity index (χ2v) is 10.6. The van der Waals surface area contributed by atoms with E-state index in [9.17, 15) is 29.1 Å². The normalized spacial score (nSPS) is 15.1. The molecule has 0 saturated carbocycles. The minimum absolute atomic E-state index is 0.0353. The highest BCUT2D eigenvalue weighted by Gasteiger charge is 2.33. The average Bonchev–Trinajstić information content (AvgIpc) is 3.30. The van der Waals surface area contributed by atoms with Gasteiger partial charge in [-0.05, 0) is 42.7 Å². The number of amides is 3. The number of carboxylic acid groups (broad SMARTS) is 2. The second kappa shape index (κ2) is 15.0. The molecule has 0 unspecified atom stereocenters. The Bertz CT molecular complexity index is 1190. The molecule has 40 heavy (non-hydrogen) atoms. The maximum Gasteiger partial charge on any atom is 0.326 e. The molecule has 0 aliphatic carbocycles. The van der Waals surface area contributed by atoms with Crippen LogP contribution in [0.4, 0.5) is 0 Å². The molecule has 0 spiro atoms. The summed E-state index contributed by atoms with van der Waals surface area (Å²) in [4.78, 5) is 65.3. The largest absolute Gasteiger partial charge is 0.481 e. The van der Waals surface area contributed by atoms with E-state index < -0.39 is 60.2 Å². The molecule has 12 heteroatoms. The summed E-state index contributed by atoms with van der Waals surface area (Å²) >= 11 is 0. The van der Waals surface area contributed by atoms with Gasteiger partial charge >= 0.3 is 11.9 Å². The van der Waals surface area contributed by atoms with Crippen molar-refractivity contribution in [1.29, 1.82) is 0 Å². The molecule has 0 aliphatic heterocycles. The van der Waals surface area contributed by atoms with Crippen molar-refractivity contribution in [3.05, 3.63) is 36.0 Å². The van der Waals surface area contributed by atoms with E-state index in [1.807, 2.05) is 31.2 Å². The number of aromatic nitrogens is 1. The van der Waals surface area contributed by atoms with E-state index >= 15 is 0 Å². The summed E-state index contributed by atoms with van der Waals surface area (Å²) in [5.41, 5.74) is 7.96. The molecule has 0 saturated heterocycles. The molecule has 0 bridgehead atoms. The molecule has 3 amide bonds. The number of aliphatic carboxylic acids is 2. The summed E-state index contributed by atoms with van der Waals surface area (Å²) in [7, 11) is 0. The predicted octanol–water partition coefficient (Wildman–Crippen LogP) is 1.53. The topological polar surface area (TPSA) is 204 Å². The number of H-pyrrole nitrogens is 1. The summed E-state index contributed by atoms with van der Waals surface area (Å²) in [5, 5.41) is 27.2. The van der Waals surface area contributed by atoms with Crippen LogP contribution in [0.25, 0.3) is 10.9 Å². The van der Waals surface area contributed by atoms with Gasteiger partial charge < -0.3 is 36.9 Å². The third kappa shape index (κ3) is 9.37. The lowest BCUT2D eigenvalue weighted by molar-refractivity contribution is -0.143. The van der Waals surface area contributed by atoms with Gasteiger partial charge in [0.2, 0.25) is 17.7 Å². The van der Waals surface area contributed by atoms with Gasteiger partial charge in [0, 0.05) is 23.5 Å². The Morgan fingerprint density at radius 3 is 2.17 bits per heavy atom. The number of carbonyl (C=O) groups is 5. The lowest BCUT2D eigenvalue weighted by Gasteiger charge is -2.28. The lowest BCUT2D eigenvalue weighted by atomic mass is 9.96. The second-order valence-electron chi connectivity index (χ2n) is 10.6. The number of hydrogen-bond donors (Lipinski definition) is 7. The van der Waals surface area contributed by atoms with Gasteiger partial charge in [0.25, 0.3) is 0 Å². The molecule has 0 aliphatic rings. The third-order valence-corrected chi connectivity index (χ3v) is 6.85. The van der Waals surface area contributed by atoms with E-state index in [0.717, 1.165) is 16.5 Å². The highest BCUT2D eigenvalue weighted by atomic mass is 16.4. The van der Waals surface area contributed by atoms with Crippen molar-refractivity contribution in [3.8, 4) is 0 Å². The van der Waals surface area contributed by atoms with E-state index in [-0.39, 0.29) is 31.1 Å². The first kappa shape index (κ1) is 32.3. The summed E-state index contributed by atoms with van der Waals surface area (Å²) in [6.45, 7) is 7.19. The number of carboxylic acids is 2. The molecule has 2 aromatic rings. The maximum atomic E-state index is 13.3. The Morgan fingerprint density at radius 1 is 0.925 bits per heavy atom. The summed E-state index contributed by atoms with van der Waals surface area (Å²) < 4.78 is 0. The highest BCUT2D eigenvalue weighted by Crippen LogP contribution is 2.19. The van der Waals surface area contributed by atoms with Crippen molar-refractivity contribution in [1.82, 2.24) is 20.9 Å². The summed E-state index contributed by atoms with van der Waals surface area (Å²) in [6, 6.07) is 3.05. The minimum atomic E-state index is -1.32. The van der Waals surface area contributed by atoms with Gasteiger partial charge in [-0.3, -0.25) is 19.2 Å². The van der Waals surface area contributed by atoms with E-state index in [0.29, 0.717) is 6.42 Å². The molecular weight excluding hydrogens is 518 g/mol. The van der Waals surface area contributed by atoms with Crippen molar-refractivity contribution in [2.75, 3.05) is 0 Å². The van der Waals surface area contributed by atoms with Gasteiger partial charge in [-0.25, -0.2) is 4.79 Å². The SMILES string of the molecule is CC[C@H](C)[C@H](NC(=O)[C@@H](N)Cc1c[nH]c2ccccc12)C(=O)N[C@@H](CCC(=O)O)C(=O)N[C@@H](CC(C)C)C(=O)O. The Kier molecular flexibility index (Phi) is 12.1. The van der Waals surface area contributed by atoms with Crippen LogP contribution in [-0.4, -0.2) is 69.0 Å². The lowest BCUT2D eigenvalue weighted by Crippen LogP contribution is -2.58. The van der Waals surface area contributed by atoms with Crippen molar-refractivity contribution in [2.24, 2.45) is 17.6 Å². The van der Waals surface area contributed by atoms with E-state index in [2.05, 4.69) is 20.9 Å². The van der Waals surface area contributed by atoms with Gasteiger partial charge in [0.15, 0.2) is 0 Å². The quantitative estimate of drug-likeness (QED) is 0.160. The average molecular weight is 560 g/mol. The minimum Gasteiger partial charge on any atom is -0.481 e. The maximum absolute atomic E-state index is 13.3. The van der Waals surface area contributed by atoms with Gasteiger partial charge in [0.05, 0.1) is 6.04 Å². The van der Waals surface area contributed by atoms with Crippen LogP contribution < -0.4 is 21.7 Å². The van der Waals surface area contributed by atoms with Gasteiger partial charge in [-0.15, -0.1) is 0 Å². The third-order valence-electron chi connectivity index (χ3n) is 6.85. The van der Waals surface area contributed by atoms with Crippen molar-refractivity contribution >= 4 is 40.6 Å². The first-order chi connectivity index (χ1) is 18.8. The molecule has 1 heterocycles. The van der Waals surface area contributed by atoms with Crippen LogP contribution in [0.3, 0.4) is 0 Å². The highest BCUT2D eigenvalue weighted by molar-refractivity contribution is 5.94. The number of carbonyl (C=O) groups excluding carboxylic acids is 3. The number of benzene rings is 1. The number of hydrogen-bond acceptors (Lipinski definition) is 6. The number of rotatable bonds is 16. The van der Waals surface area contributed by atoms with Crippen molar-refractivity contribution in [2.45, 2.75) is 84.0 Å². The number of nitrogens with one attached hydrogen (secondary N) is 4. The fourth-order valence-electron chi connectivity index (χ4n) is 4.36. The summed E-state index contributed by atoms with van der Waals surface area (Å²) in [5.74, 6) is -4.86. The molecule has 2 rings (SSSR count). The number of nitrogens with two attached hydrogens (primary N) is 1. The van der Waals surface area contributed by atoms with Crippen LogP contribution in [0.15, 0.2) is 30.5 Å². The zero-order chi connectivity index (χ0) is 30.0. The van der Waals surface area contributed by atoms with Crippen LogP contribution in [-0.2, 0) is 30.4 Å². The zero-order valence-electron chi connectivity index (χ0n) is 23.4. The first-order valence-corrected chi connectivity index (χ1v) is 13.5. The zero-order valence-corrected chi connectivity index (χ0v) is 23.4. The Hall–Kier alpha value is -3.93. The Balaban J connectivity index is 2.16. The Labute approximate surface area is 233 Å².